The number of benzene rings is 1. The van der Waals surface area contributed by atoms with Gasteiger partial charge in [-0.3, -0.25) is 0 Å². The molecular formula is C12H14Zr. The van der Waals surface area contributed by atoms with Crippen LogP contribution in [0, 0.1) is 5.92 Å². The zero-order valence-corrected chi connectivity index (χ0v) is 10.6. The van der Waals surface area contributed by atoms with Crippen LogP contribution in [-0.2, 0) is 32.6 Å². The van der Waals surface area contributed by atoms with E-state index in [0.717, 1.165) is 6.42 Å². The predicted molar refractivity (Wildman–Crippen MR) is 53.0 cm³/mol. The van der Waals surface area contributed by atoms with Crippen molar-refractivity contribution in [3.05, 3.63) is 41.5 Å². The first-order valence-electron chi connectivity index (χ1n) is 4.57. The summed E-state index contributed by atoms with van der Waals surface area (Å²) < 4.78 is 0. The Morgan fingerprint density at radius 1 is 1.15 bits per heavy atom. The number of allylic oxidation sites excluding steroid dienone is 2. The van der Waals surface area contributed by atoms with E-state index in [4.69, 9.17) is 0 Å². The van der Waals surface area contributed by atoms with Gasteiger partial charge in [0.25, 0.3) is 0 Å². The summed E-state index contributed by atoms with van der Waals surface area (Å²) in [6.45, 7) is 4.52. The van der Waals surface area contributed by atoms with Crippen molar-refractivity contribution in [2.24, 2.45) is 5.92 Å². The van der Waals surface area contributed by atoms with E-state index in [0.29, 0.717) is 5.92 Å². The van der Waals surface area contributed by atoms with E-state index in [2.05, 4.69) is 44.2 Å². The van der Waals surface area contributed by atoms with Crippen LogP contribution >= 0.6 is 0 Å². The van der Waals surface area contributed by atoms with E-state index in [1.807, 2.05) is 0 Å². The van der Waals surface area contributed by atoms with Crippen molar-refractivity contribution in [3.63, 3.8) is 0 Å². The van der Waals surface area contributed by atoms with E-state index in [-0.39, 0.29) is 26.2 Å². The molecule has 66 valence electrons. The van der Waals surface area contributed by atoms with E-state index in [1.54, 1.807) is 0 Å². The summed E-state index contributed by atoms with van der Waals surface area (Å²) in [5, 5.41) is 0. The average molecular weight is 249 g/mol. The summed E-state index contributed by atoms with van der Waals surface area (Å²) in [5.41, 5.74) is 4.47. The van der Waals surface area contributed by atoms with Gasteiger partial charge in [-0.25, -0.2) is 0 Å². The van der Waals surface area contributed by atoms with Gasteiger partial charge in [0, 0.05) is 26.2 Å². The molecule has 0 unspecified atom stereocenters. The van der Waals surface area contributed by atoms with E-state index < -0.39 is 0 Å². The quantitative estimate of drug-likeness (QED) is 0.716. The molecule has 1 aromatic rings. The van der Waals surface area contributed by atoms with Gasteiger partial charge in [0.05, 0.1) is 0 Å². The molecule has 0 fully saturated rings. The fraction of sp³-hybridized carbons (Fsp3) is 0.333. The molecule has 0 amide bonds. The zero-order valence-electron chi connectivity index (χ0n) is 8.17. The topological polar surface area (TPSA) is 0 Å². The van der Waals surface area contributed by atoms with Gasteiger partial charge in [0.2, 0.25) is 0 Å². The van der Waals surface area contributed by atoms with E-state index >= 15 is 0 Å². The monoisotopic (exact) mass is 248 g/mol. The first-order chi connectivity index (χ1) is 5.79. The van der Waals surface area contributed by atoms with Crippen LogP contribution < -0.4 is 0 Å². The van der Waals surface area contributed by atoms with Crippen molar-refractivity contribution < 1.29 is 26.2 Å². The van der Waals surface area contributed by atoms with Crippen LogP contribution in [-0.4, -0.2) is 0 Å². The van der Waals surface area contributed by atoms with Crippen LogP contribution in [0.3, 0.4) is 0 Å². The molecule has 13 heavy (non-hydrogen) atoms. The maximum atomic E-state index is 2.36. The maximum absolute atomic E-state index is 2.36. The SMILES string of the molecule is CC(C)C1=CCc2ccccc21.[Zr]. The van der Waals surface area contributed by atoms with Gasteiger partial charge >= 0.3 is 0 Å². The predicted octanol–water partition coefficient (Wildman–Crippen LogP) is 3.28. The molecule has 0 spiro atoms. The van der Waals surface area contributed by atoms with Gasteiger partial charge in [0.1, 0.15) is 0 Å². The Hall–Kier alpha value is -0.157. The second kappa shape index (κ2) is 4.37. The fourth-order valence-electron chi connectivity index (χ4n) is 1.86. The van der Waals surface area contributed by atoms with Crippen LogP contribution in [0.25, 0.3) is 5.57 Å². The first kappa shape index (κ1) is 10.9. The minimum atomic E-state index is 0. The average Bonchev–Trinajstić information content (AvgIpc) is 2.47. The molecule has 0 N–H and O–H groups in total. The normalized spacial score (nSPS) is 13.6. The maximum Gasteiger partial charge on any atom is 0 e. The Labute approximate surface area is 99.2 Å². The Balaban J connectivity index is 0.000000845. The third kappa shape index (κ3) is 2.02. The zero-order chi connectivity index (χ0) is 8.55. The van der Waals surface area contributed by atoms with Gasteiger partial charge in [0.15, 0.2) is 0 Å². The standard InChI is InChI=1S/C12H14.Zr/c1-9(2)11-8-7-10-5-3-4-6-12(10)11;/h3-6,8-9H,7H2,1-2H3;. The summed E-state index contributed by atoms with van der Waals surface area (Å²) in [7, 11) is 0. The molecular weight excluding hydrogens is 235 g/mol. The molecule has 0 aromatic heterocycles. The number of hydrogen-bond acceptors (Lipinski definition) is 0. The first-order valence-corrected chi connectivity index (χ1v) is 4.57. The van der Waals surface area contributed by atoms with Gasteiger partial charge in [-0.05, 0) is 29.0 Å². The van der Waals surface area contributed by atoms with Gasteiger partial charge in [-0.2, -0.15) is 0 Å². The third-order valence-electron chi connectivity index (χ3n) is 2.49. The van der Waals surface area contributed by atoms with Crippen LogP contribution in [0.2, 0.25) is 0 Å². The second-order valence-electron chi connectivity index (χ2n) is 3.68. The number of hydrogen-bond donors (Lipinski definition) is 0. The molecule has 0 atom stereocenters. The molecule has 2 rings (SSSR count). The minimum Gasteiger partial charge on any atom is -0.0760 e. The molecule has 1 aliphatic rings. The number of fused-ring (bicyclic) bond motifs is 1. The Morgan fingerprint density at radius 3 is 2.54 bits per heavy atom. The molecule has 0 heterocycles. The van der Waals surface area contributed by atoms with Crippen LogP contribution in [0.1, 0.15) is 25.0 Å². The molecule has 1 aromatic carbocycles. The Bertz CT molecular complexity index is 324. The Morgan fingerprint density at radius 2 is 1.85 bits per heavy atom. The van der Waals surface area contributed by atoms with Crippen LogP contribution in [0.5, 0.6) is 0 Å². The molecule has 0 saturated carbocycles. The van der Waals surface area contributed by atoms with Crippen molar-refractivity contribution in [1.29, 1.82) is 0 Å². The van der Waals surface area contributed by atoms with Gasteiger partial charge < -0.3 is 0 Å². The third-order valence-corrected chi connectivity index (χ3v) is 2.49. The van der Waals surface area contributed by atoms with Crippen molar-refractivity contribution in [2.75, 3.05) is 0 Å². The second-order valence-corrected chi connectivity index (χ2v) is 3.68. The summed E-state index contributed by atoms with van der Waals surface area (Å²) >= 11 is 0. The smallest absolute Gasteiger partial charge is 0 e. The summed E-state index contributed by atoms with van der Waals surface area (Å²) in [5.74, 6) is 0.661. The molecule has 0 radical (unpaired) electrons. The fourth-order valence-corrected chi connectivity index (χ4v) is 1.86. The van der Waals surface area contributed by atoms with Gasteiger partial charge in [-0.15, -0.1) is 0 Å². The summed E-state index contributed by atoms with van der Waals surface area (Å²) in [4.78, 5) is 0. The summed E-state index contributed by atoms with van der Waals surface area (Å²) in [6.07, 6.45) is 3.49. The molecule has 0 bridgehead atoms. The molecule has 0 nitrogen and oxygen atoms in total. The van der Waals surface area contributed by atoms with Crippen molar-refractivity contribution in [1.82, 2.24) is 0 Å². The molecule has 0 saturated heterocycles. The van der Waals surface area contributed by atoms with Gasteiger partial charge in [-0.1, -0.05) is 44.2 Å². The van der Waals surface area contributed by atoms with Crippen molar-refractivity contribution >= 4 is 5.57 Å². The van der Waals surface area contributed by atoms with E-state index in [1.165, 1.54) is 16.7 Å². The minimum absolute atomic E-state index is 0. The van der Waals surface area contributed by atoms with Crippen LogP contribution in [0.4, 0.5) is 0 Å². The number of rotatable bonds is 1. The molecule has 0 aliphatic heterocycles. The van der Waals surface area contributed by atoms with Crippen molar-refractivity contribution in [2.45, 2.75) is 20.3 Å². The Kier molecular flexibility index (Phi) is 3.67. The van der Waals surface area contributed by atoms with Crippen LogP contribution in [0.15, 0.2) is 30.3 Å². The summed E-state index contributed by atoms with van der Waals surface area (Å²) in [6, 6.07) is 8.70. The van der Waals surface area contributed by atoms with Crippen molar-refractivity contribution in [3.8, 4) is 0 Å². The van der Waals surface area contributed by atoms with E-state index in [9.17, 15) is 0 Å². The molecule has 1 aliphatic carbocycles. The largest absolute Gasteiger partial charge is 0.0760 e. The molecule has 1 heteroatoms.